The summed E-state index contributed by atoms with van der Waals surface area (Å²) in [5.74, 6) is 4.41. The molecule has 0 aliphatic heterocycles. The molecular weight excluding hydrogens is 263 g/mol. The van der Waals surface area contributed by atoms with E-state index in [0.29, 0.717) is 12.3 Å². The highest BCUT2D eigenvalue weighted by Gasteiger charge is 2.32. The van der Waals surface area contributed by atoms with Gasteiger partial charge in [0.1, 0.15) is 0 Å². The van der Waals surface area contributed by atoms with Crippen LogP contribution in [-0.2, 0) is 17.5 Å². The summed E-state index contributed by atoms with van der Waals surface area (Å²) in [6.07, 6.45) is -3.86. The standard InChI is InChI=1S/C11H14F3N3O2/c1-10(2,9(19)16-15)6-17-5-7(11(12,13)14)3-4-8(17)18/h3-5H,6,15H2,1-2H3,(H,16,19). The van der Waals surface area contributed by atoms with Gasteiger partial charge in [0.15, 0.2) is 0 Å². The van der Waals surface area contributed by atoms with Crippen molar-refractivity contribution >= 4 is 5.91 Å². The molecule has 8 heteroatoms. The smallest absolute Gasteiger partial charge is 0.314 e. The average Bonchev–Trinajstić information content (AvgIpc) is 2.29. The van der Waals surface area contributed by atoms with Gasteiger partial charge in [0.2, 0.25) is 5.91 Å². The molecule has 5 nitrogen and oxygen atoms in total. The predicted molar refractivity (Wildman–Crippen MR) is 61.8 cm³/mol. The van der Waals surface area contributed by atoms with Crippen molar-refractivity contribution in [2.24, 2.45) is 11.3 Å². The second kappa shape index (κ2) is 5.04. The fourth-order valence-electron chi connectivity index (χ4n) is 1.52. The van der Waals surface area contributed by atoms with E-state index in [1.807, 2.05) is 5.43 Å². The molecule has 0 saturated carbocycles. The van der Waals surface area contributed by atoms with Gasteiger partial charge >= 0.3 is 6.18 Å². The molecule has 1 rings (SSSR count). The number of halogens is 3. The molecule has 0 atom stereocenters. The van der Waals surface area contributed by atoms with Gasteiger partial charge in [-0.2, -0.15) is 13.2 Å². The number of amides is 1. The SMILES string of the molecule is CC(C)(Cn1cc(C(F)(F)F)ccc1=O)C(=O)NN. The third-order valence-electron chi connectivity index (χ3n) is 2.62. The fourth-order valence-corrected chi connectivity index (χ4v) is 1.52. The van der Waals surface area contributed by atoms with Crippen LogP contribution in [0, 0.1) is 5.41 Å². The van der Waals surface area contributed by atoms with Gasteiger partial charge in [-0.3, -0.25) is 15.0 Å². The number of hydrogen-bond acceptors (Lipinski definition) is 3. The first-order chi connectivity index (χ1) is 8.58. The molecule has 1 aromatic rings. The van der Waals surface area contributed by atoms with E-state index < -0.39 is 28.6 Å². The first kappa shape index (κ1) is 15.2. The number of carbonyl (C=O) groups is 1. The number of alkyl halides is 3. The van der Waals surface area contributed by atoms with Gasteiger partial charge in [0.25, 0.3) is 5.56 Å². The van der Waals surface area contributed by atoms with Gasteiger partial charge in [-0.25, -0.2) is 5.84 Å². The van der Waals surface area contributed by atoms with Crippen LogP contribution < -0.4 is 16.8 Å². The van der Waals surface area contributed by atoms with Crippen LogP contribution >= 0.6 is 0 Å². The molecule has 0 aliphatic carbocycles. The molecule has 1 aromatic heterocycles. The zero-order chi connectivity index (χ0) is 14.8. The van der Waals surface area contributed by atoms with Crippen LogP contribution in [0.25, 0.3) is 0 Å². The number of carbonyl (C=O) groups excluding carboxylic acids is 1. The third kappa shape index (κ3) is 3.57. The van der Waals surface area contributed by atoms with E-state index in [0.717, 1.165) is 10.6 Å². The molecule has 0 aromatic carbocycles. The second-order valence-electron chi connectivity index (χ2n) is 4.74. The maximum atomic E-state index is 12.5. The zero-order valence-electron chi connectivity index (χ0n) is 10.4. The van der Waals surface area contributed by atoms with Crippen LogP contribution in [0.4, 0.5) is 13.2 Å². The molecule has 0 spiro atoms. The summed E-state index contributed by atoms with van der Waals surface area (Å²) in [5, 5.41) is 0. The normalized spacial score (nSPS) is 12.3. The molecule has 0 radical (unpaired) electrons. The van der Waals surface area contributed by atoms with E-state index in [1.54, 1.807) is 0 Å². The molecule has 0 bridgehead atoms. The van der Waals surface area contributed by atoms with Crippen molar-refractivity contribution in [2.75, 3.05) is 0 Å². The van der Waals surface area contributed by atoms with E-state index >= 15 is 0 Å². The number of nitrogens with two attached hydrogens (primary N) is 1. The molecule has 0 fully saturated rings. The highest BCUT2D eigenvalue weighted by molar-refractivity contribution is 5.81. The zero-order valence-corrected chi connectivity index (χ0v) is 10.4. The van der Waals surface area contributed by atoms with Crippen LogP contribution in [0.5, 0.6) is 0 Å². The number of hydrogen-bond donors (Lipinski definition) is 2. The summed E-state index contributed by atoms with van der Waals surface area (Å²) in [6, 6.07) is 1.52. The third-order valence-corrected chi connectivity index (χ3v) is 2.62. The van der Waals surface area contributed by atoms with Crippen molar-refractivity contribution in [3.05, 3.63) is 34.2 Å². The van der Waals surface area contributed by atoms with E-state index in [1.165, 1.54) is 13.8 Å². The lowest BCUT2D eigenvalue weighted by Crippen LogP contribution is -2.44. The summed E-state index contributed by atoms with van der Waals surface area (Å²) in [5.41, 5.74) is -0.763. The number of nitrogens with one attached hydrogen (secondary N) is 1. The van der Waals surface area contributed by atoms with Crippen LogP contribution in [0.15, 0.2) is 23.1 Å². The van der Waals surface area contributed by atoms with Gasteiger partial charge in [0, 0.05) is 18.8 Å². The summed E-state index contributed by atoms with van der Waals surface area (Å²) in [6.45, 7) is 2.74. The van der Waals surface area contributed by atoms with E-state index in [2.05, 4.69) is 0 Å². The topological polar surface area (TPSA) is 77.1 Å². The summed E-state index contributed by atoms with van der Waals surface area (Å²) >= 11 is 0. The molecule has 106 valence electrons. The Kier molecular flexibility index (Phi) is 4.04. The lowest BCUT2D eigenvalue weighted by molar-refractivity contribution is -0.138. The van der Waals surface area contributed by atoms with Gasteiger partial charge in [-0.05, 0) is 19.9 Å². The lowest BCUT2D eigenvalue weighted by atomic mass is 9.92. The Balaban J connectivity index is 3.15. The van der Waals surface area contributed by atoms with Gasteiger partial charge in [-0.1, -0.05) is 0 Å². The second-order valence-corrected chi connectivity index (χ2v) is 4.74. The predicted octanol–water partition coefficient (Wildman–Crippen LogP) is 0.883. The molecule has 1 amide bonds. The minimum absolute atomic E-state index is 0.210. The first-order valence-electron chi connectivity index (χ1n) is 5.36. The van der Waals surface area contributed by atoms with Crippen molar-refractivity contribution in [2.45, 2.75) is 26.6 Å². The van der Waals surface area contributed by atoms with Gasteiger partial charge in [0.05, 0.1) is 11.0 Å². The Hall–Kier alpha value is -1.83. The fraction of sp³-hybridized carbons (Fsp3) is 0.455. The minimum Gasteiger partial charge on any atom is -0.314 e. The maximum absolute atomic E-state index is 12.5. The monoisotopic (exact) mass is 277 g/mol. The van der Waals surface area contributed by atoms with Crippen molar-refractivity contribution in [1.82, 2.24) is 9.99 Å². The molecule has 0 aliphatic rings. The number of rotatable bonds is 3. The van der Waals surface area contributed by atoms with Crippen LogP contribution in [0.3, 0.4) is 0 Å². The van der Waals surface area contributed by atoms with Crippen LogP contribution in [-0.4, -0.2) is 10.5 Å². The maximum Gasteiger partial charge on any atom is 0.417 e. The Labute approximate surface area is 107 Å². The Morgan fingerprint density at radius 3 is 2.42 bits per heavy atom. The Morgan fingerprint density at radius 2 is 1.95 bits per heavy atom. The van der Waals surface area contributed by atoms with Crippen LogP contribution in [0.2, 0.25) is 0 Å². The van der Waals surface area contributed by atoms with Crippen molar-refractivity contribution in [3.8, 4) is 0 Å². The van der Waals surface area contributed by atoms with Gasteiger partial charge < -0.3 is 4.57 Å². The van der Waals surface area contributed by atoms with E-state index in [4.69, 9.17) is 5.84 Å². The number of hydrazine groups is 1. The number of nitrogens with zero attached hydrogens (tertiary/aromatic N) is 1. The van der Waals surface area contributed by atoms with Crippen molar-refractivity contribution in [1.29, 1.82) is 0 Å². The van der Waals surface area contributed by atoms with E-state index in [9.17, 15) is 22.8 Å². The quantitative estimate of drug-likeness (QED) is 0.489. The van der Waals surface area contributed by atoms with Crippen molar-refractivity contribution < 1.29 is 18.0 Å². The highest BCUT2D eigenvalue weighted by atomic mass is 19.4. The Morgan fingerprint density at radius 1 is 1.37 bits per heavy atom. The summed E-state index contributed by atoms with van der Waals surface area (Å²) in [4.78, 5) is 23.0. The van der Waals surface area contributed by atoms with E-state index in [-0.39, 0.29) is 6.54 Å². The van der Waals surface area contributed by atoms with Crippen molar-refractivity contribution in [3.63, 3.8) is 0 Å². The average molecular weight is 277 g/mol. The summed E-state index contributed by atoms with van der Waals surface area (Å²) in [7, 11) is 0. The lowest BCUT2D eigenvalue weighted by Gasteiger charge is -2.23. The van der Waals surface area contributed by atoms with Crippen LogP contribution in [0.1, 0.15) is 19.4 Å². The molecule has 3 N–H and O–H groups in total. The molecular formula is C11H14F3N3O2. The molecule has 0 unspecified atom stereocenters. The molecule has 19 heavy (non-hydrogen) atoms. The Bertz CT molecular complexity index is 535. The van der Waals surface area contributed by atoms with Gasteiger partial charge in [-0.15, -0.1) is 0 Å². The largest absolute Gasteiger partial charge is 0.417 e. The number of pyridine rings is 1. The molecule has 1 heterocycles. The minimum atomic E-state index is -4.55. The molecule has 0 saturated heterocycles. The summed E-state index contributed by atoms with van der Waals surface area (Å²) < 4.78 is 38.5. The number of aromatic nitrogens is 1. The first-order valence-corrected chi connectivity index (χ1v) is 5.36. The highest BCUT2D eigenvalue weighted by Crippen LogP contribution is 2.28.